The van der Waals surface area contributed by atoms with Gasteiger partial charge in [-0.1, -0.05) is 26.0 Å². The second-order valence-electron chi connectivity index (χ2n) is 8.08. The standard InChI is InChI=1S/C26H32N8/c1-17(2)19(12-27)11-25(29)34-26-9-8-23-24(33-26)10-20(16-32-23)21(13-28)15-31-14-18-4-6-22(30-3)7-5-18/h4-13,15-17,28,30-31H,14,27,29H2,1-3H3,(H,33,34)/b19-12+,21-15+,25-11+,28-13?. The van der Waals surface area contributed by atoms with Crippen molar-refractivity contribution < 1.29 is 0 Å². The fraction of sp³-hybridized carbons (Fsp3) is 0.192. The SMILES string of the molecule is CNc1ccc(CN/C=C(\C=N)c2cnc3ccc(N/C(N)=C/C(=C\N)C(C)C)nc3c2)cc1. The van der Waals surface area contributed by atoms with Gasteiger partial charge >= 0.3 is 0 Å². The second kappa shape index (κ2) is 11.5. The van der Waals surface area contributed by atoms with Crippen LogP contribution in [0.1, 0.15) is 25.0 Å². The molecule has 0 aliphatic carbocycles. The molecule has 2 aromatic heterocycles. The molecule has 8 heteroatoms. The number of hydrogen-bond donors (Lipinski definition) is 6. The third-order valence-electron chi connectivity index (χ3n) is 5.29. The molecule has 0 atom stereocenters. The normalized spacial score (nSPS) is 12.6. The first-order valence-electron chi connectivity index (χ1n) is 11.1. The van der Waals surface area contributed by atoms with Gasteiger partial charge in [0.25, 0.3) is 0 Å². The first-order valence-corrected chi connectivity index (χ1v) is 11.1. The van der Waals surface area contributed by atoms with Gasteiger partial charge in [-0.25, -0.2) is 4.98 Å². The van der Waals surface area contributed by atoms with Gasteiger partial charge in [0, 0.05) is 49.0 Å². The summed E-state index contributed by atoms with van der Waals surface area (Å²) < 4.78 is 0. The van der Waals surface area contributed by atoms with E-state index >= 15 is 0 Å². The number of nitrogens with one attached hydrogen (secondary N) is 4. The Labute approximate surface area is 200 Å². The van der Waals surface area contributed by atoms with E-state index in [4.69, 9.17) is 16.9 Å². The third-order valence-corrected chi connectivity index (χ3v) is 5.29. The van der Waals surface area contributed by atoms with Crippen molar-refractivity contribution in [2.24, 2.45) is 17.4 Å². The molecule has 3 aromatic rings. The molecule has 8 N–H and O–H groups in total. The highest BCUT2D eigenvalue weighted by Gasteiger charge is 2.06. The van der Waals surface area contributed by atoms with E-state index in [-0.39, 0.29) is 5.92 Å². The fourth-order valence-corrected chi connectivity index (χ4v) is 3.28. The number of aromatic nitrogens is 2. The molecule has 34 heavy (non-hydrogen) atoms. The molecular weight excluding hydrogens is 424 g/mol. The Kier molecular flexibility index (Phi) is 8.23. The average Bonchev–Trinajstić information content (AvgIpc) is 2.85. The lowest BCUT2D eigenvalue weighted by molar-refractivity contribution is 0.786. The minimum atomic E-state index is 0.259. The van der Waals surface area contributed by atoms with Crippen molar-refractivity contribution in [3.05, 3.63) is 89.7 Å². The van der Waals surface area contributed by atoms with Crippen molar-refractivity contribution in [3.63, 3.8) is 0 Å². The predicted molar refractivity (Wildman–Crippen MR) is 142 cm³/mol. The van der Waals surface area contributed by atoms with E-state index < -0.39 is 0 Å². The van der Waals surface area contributed by atoms with Gasteiger partial charge in [0.15, 0.2) is 0 Å². The summed E-state index contributed by atoms with van der Waals surface area (Å²) in [4.78, 5) is 9.14. The number of rotatable bonds is 10. The Morgan fingerprint density at radius 3 is 2.53 bits per heavy atom. The lowest BCUT2D eigenvalue weighted by atomic mass is 10.0. The summed E-state index contributed by atoms with van der Waals surface area (Å²) in [5.74, 6) is 1.31. The van der Waals surface area contributed by atoms with Crippen LogP contribution in [0.4, 0.5) is 11.5 Å². The summed E-state index contributed by atoms with van der Waals surface area (Å²) in [5, 5.41) is 17.3. The molecule has 8 nitrogen and oxygen atoms in total. The minimum Gasteiger partial charge on any atom is -0.404 e. The highest BCUT2D eigenvalue weighted by molar-refractivity contribution is 6.08. The van der Waals surface area contributed by atoms with E-state index in [9.17, 15) is 0 Å². The number of pyridine rings is 2. The lowest BCUT2D eigenvalue weighted by Crippen LogP contribution is -2.12. The van der Waals surface area contributed by atoms with E-state index in [1.807, 2.05) is 57.4 Å². The van der Waals surface area contributed by atoms with Gasteiger partial charge in [0.2, 0.25) is 0 Å². The monoisotopic (exact) mass is 456 g/mol. The maximum atomic E-state index is 7.85. The van der Waals surface area contributed by atoms with Crippen LogP contribution in [-0.4, -0.2) is 23.2 Å². The lowest BCUT2D eigenvalue weighted by Gasteiger charge is -2.10. The van der Waals surface area contributed by atoms with Crippen LogP contribution < -0.4 is 27.4 Å². The van der Waals surface area contributed by atoms with Crippen molar-refractivity contribution in [1.29, 1.82) is 5.41 Å². The summed E-state index contributed by atoms with van der Waals surface area (Å²) in [5.41, 5.74) is 17.9. The number of benzene rings is 1. The molecule has 0 amide bonds. The molecule has 0 saturated heterocycles. The molecular formula is C26H32N8. The molecule has 0 spiro atoms. The Hall–Kier alpha value is -4.33. The third kappa shape index (κ3) is 6.35. The average molecular weight is 457 g/mol. The smallest absolute Gasteiger partial charge is 0.132 e. The van der Waals surface area contributed by atoms with Crippen molar-refractivity contribution in [2.75, 3.05) is 17.7 Å². The first-order chi connectivity index (χ1) is 16.4. The minimum absolute atomic E-state index is 0.259. The van der Waals surface area contributed by atoms with E-state index in [2.05, 4.69) is 38.1 Å². The molecule has 0 bridgehead atoms. The van der Waals surface area contributed by atoms with Crippen molar-refractivity contribution in [2.45, 2.75) is 20.4 Å². The van der Waals surface area contributed by atoms with Crippen molar-refractivity contribution in [3.8, 4) is 0 Å². The number of hydrogen-bond acceptors (Lipinski definition) is 8. The molecule has 0 fully saturated rings. The van der Waals surface area contributed by atoms with Gasteiger partial charge in [-0.05, 0) is 59.7 Å². The van der Waals surface area contributed by atoms with Gasteiger partial charge in [0.1, 0.15) is 11.6 Å². The van der Waals surface area contributed by atoms with Crippen LogP contribution in [0, 0.1) is 11.3 Å². The maximum Gasteiger partial charge on any atom is 0.132 e. The summed E-state index contributed by atoms with van der Waals surface area (Å²) in [6, 6.07) is 13.8. The van der Waals surface area contributed by atoms with Crippen LogP contribution in [0.15, 0.2) is 78.5 Å². The van der Waals surface area contributed by atoms with Crippen molar-refractivity contribution in [1.82, 2.24) is 15.3 Å². The summed E-state index contributed by atoms with van der Waals surface area (Å²) in [6.45, 7) is 4.75. The molecule has 1 aromatic carbocycles. The molecule has 0 radical (unpaired) electrons. The van der Waals surface area contributed by atoms with E-state index in [1.54, 1.807) is 18.5 Å². The molecule has 3 rings (SSSR count). The van der Waals surface area contributed by atoms with E-state index in [1.165, 1.54) is 6.21 Å². The molecule has 0 unspecified atom stereocenters. The fourth-order valence-electron chi connectivity index (χ4n) is 3.28. The van der Waals surface area contributed by atoms with E-state index in [0.717, 1.165) is 27.9 Å². The van der Waals surface area contributed by atoms with Gasteiger partial charge in [-0.2, -0.15) is 0 Å². The molecule has 2 heterocycles. The highest BCUT2D eigenvalue weighted by atomic mass is 15.1. The predicted octanol–water partition coefficient (Wildman–Crippen LogP) is 4.16. The Morgan fingerprint density at radius 2 is 1.88 bits per heavy atom. The topological polar surface area (TPSA) is 138 Å². The zero-order chi connectivity index (χ0) is 24.5. The zero-order valence-corrected chi connectivity index (χ0v) is 19.8. The van der Waals surface area contributed by atoms with Crippen LogP contribution in [0.3, 0.4) is 0 Å². The number of fused-ring (bicyclic) bond motifs is 1. The number of allylic oxidation sites excluding steroid dienone is 3. The van der Waals surface area contributed by atoms with Crippen LogP contribution in [0.5, 0.6) is 0 Å². The molecule has 0 aliphatic rings. The summed E-state index contributed by atoms with van der Waals surface area (Å²) >= 11 is 0. The van der Waals surface area contributed by atoms with Gasteiger partial charge < -0.3 is 32.8 Å². The highest BCUT2D eigenvalue weighted by Crippen LogP contribution is 2.19. The molecule has 176 valence electrons. The quantitative estimate of drug-likeness (QED) is 0.199. The van der Waals surface area contributed by atoms with Crippen LogP contribution in [0.25, 0.3) is 16.6 Å². The van der Waals surface area contributed by atoms with Crippen LogP contribution in [0.2, 0.25) is 0 Å². The van der Waals surface area contributed by atoms with Gasteiger partial charge in [-0.15, -0.1) is 0 Å². The molecule has 0 aliphatic heterocycles. The molecule has 0 saturated carbocycles. The zero-order valence-electron chi connectivity index (χ0n) is 19.8. The number of nitrogens with two attached hydrogens (primary N) is 2. The van der Waals surface area contributed by atoms with Crippen LogP contribution >= 0.6 is 0 Å². The second-order valence-corrected chi connectivity index (χ2v) is 8.08. The summed E-state index contributed by atoms with van der Waals surface area (Å²) in [7, 11) is 1.89. The maximum absolute atomic E-state index is 7.85. The Morgan fingerprint density at radius 1 is 1.12 bits per heavy atom. The van der Waals surface area contributed by atoms with Gasteiger partial charge in [0.05, 0.1) is 11.0 Å². The Bertz CT molecular complexity index is 1220. The van der Waals surface area contributed by atoms with Crippen molar-refractivity contribution >= 4 is 34.3 Å². The largest absolute Gasteiger partial charge is 0.404 e. The number of anilines is 2. The van der Waals surface area contributed by atoms with E-state index in [0.29, 0.717) is 29.3 Å². The van der Waals surface area contributed by atoms with Gasteiger partial charge in [-0.3, -0.25) is 4.98 Å². The number of nitrogens with zero attached hydrogens (tertiary/aromatic N) is 2. The van der Waals surface area contributed by atoms with Crippen LogP contribution in [-0.2, 0) is 6.54 Å². The first kappa shape index (κ1) is 24.3. The summed E-state index contributed by atoms with van der Waals surface area (Å²) in [6.07, 6.45) is 8.22. The Balaban J connectivity index is 1.77.